The van der Waals surface area contributed by atoms with Gasteiger partial charge in [-0.25, -0.2) is 9.29 Å². The Hall–Kier alpha value is -2.73. The molecule has 29 heavy (non-hydrogen) atoms. The zero-order chi connectivity index (χ0) is 20.4. The van der Waals surface area contributed by atoms with Crippen LogP contribution in [-0.2, 0) is 9.59 Å². The quantitative estimate of drug-likeness (QED) is 0.723. The van der Waals surface area contributed by atoms with E-state index < -0.39 is 6.04 Å². The first-order valence-electron chi connectivity index (χ1n) is 10.2. The van der Waals surface area contributed by atoms with Crippen LogP contribution in [0.5, 0.6) is 5.75 Å². The number of carbonyl (C=O) groups is 2. The molecule has 1 atom stereocenters. The van der Waals surface area contributed by atoms with Crippen molar-refractivity contribution < 1.29 is 18.7 Å². The summed E-state index contributed by atoms with van der Waals surface area (Å²) >= 11 is 0. The smallest absolute Gasteiger partial charge is 0.251 e. The van der Waals surface area contributed by atoms with Crippen molar-refractivity contribution in [1.82, 2.24) is 4.90 Å². The Morgan fingerprint density at radius 3 is 2.48 bits per heavy atom. The Morgan fingerprint density at radius 1 is 1.07 bits per heavy atom. The maximum absolute atomic E-state index is 13.2. The lowest BCUT2D eigenvalue weighted by atomic mass is 9.89. The van der Waals surface area contributed by atoms with Crippen molar-refractivity contribution in [3.05, 3.63) is 59.9 Å². The van der Waals surface area contributed by atoms with E-state index in [1.807, 2.05) is 25.1 Å². The Labute approximate surface area is 170 Å². The molecule has 6 heteroatoms. The standard InChI is InChI=1S/C23H25FN2O3/c1-2-29-20-5-3-4-19(14-20)26-22(27)15-21(23(26)28)25-12-10-17(11-13-25)16-6-8-18(24)9-7-16/h3-9,14,17,21H,2,10-13,15H2,1H3. The van der Waals surface area contributed by atoms with Gasteiger partial charge in [0.25, 0.3) is 5.91 Å². The van der Waals surface area contributed by atoms with Crippen LogP contribution in [0.3, 0.4) is 0 Å². The van der Waals surface area contributed by atoms with Gasteiger partial charge in [0.05, 0.1) is 24.8 Å². The van der Waals surface area contributed by atoms with E-state index in [1.165, 1.54) is 17.0 Å². The number of hydrogen-bond donors (Lipinski definition) is 0. The van der Waals surface area contributed by atoms with E-state index in [0.717, 1.165) is 31.5 Å². The Kier molecular flexibility index (Phi) is 5.62. The number of hydrogen-bond acceptors (Lipinski definition) is 4. The highest BCUT2D eigenvalue weighted by atomic mass is 19.1. The van der Waals surface area contributed by atoms with Crippen molar-refractivity contribution in [2.75, 3.05) is 24.6 Å². The first-order chi connectivity index (χ1) is 14.1. The Bertz CT molecular complexity index is 891. The summed E-state index contributed by atoms with van der Waals surface area (Å²) in [7, 11) is 0. The van der Waals surface area contributed by atoms with Crippen LogP contribution < -0.4 is 9.64 Å². The summed E-state index contributed by atoms with van der Waals surface area (Å²) in [6, 6.07) is 13.4. The third kappa shape index (κ3) is 4.03. The highest BCUT2D eigenvalue weighted by Gasteiger charge is 2.43. The van der Waals surface area contributed by atoms with Crippen molar-refractivity contribution in [3.8, 4) is 5.75 Å². The summed E-state index contributed by atoms with van der Waals surface area (Å²) < 4.78 is 18.7. The average molecular weight is 396 g/mol. The number of anilines is 1. The van der Waals surface area contributed by atoms with Crippen LogP contribution in [0, 0.1) is 5.82 Å². The van der Waals surface area contributed by atoms with Crippen LogP contribution in [0.25, 0.3) is 0 Å². The molecule has 2 heterocycles. The summed E-state index contributed by atoms with van der Waals surface area (Å²) in [5, 5.41) is 0. The van der Waals surface area contributed by atoms with E-state index in [9.17, 15) is 14.0 Å². The molecule has 0 bridgehead atoms. The largest absolute Gasteiger partial charge is 0.494 e. The second-order valence-electron chi connectivity index (χ2n) is 7.58. The number of benzene rings is 2. The van der Waals surface area contributed by atoms with Crippen LogP contribution in [-0.4, -0.2) is 42.5 Å². The first-order valence-corrected chi connectivity index (χ1v) is 10.2. The maximum atomic E-state index is 13.2. The minimum absolute atomic E-state index is 0.163. The monoisotopic (exact) mass is 396 g/mol. The fourth-order valence-corrected chi connectivity index (χ4v) is 4.33. The van der Waals surface area contributed by atoms with Gasteiger partial charge in [-0.1, -0.05) is 18.2 Å². The van der Waals surface area contributed by atoms with Crippen LogP contribution in [0.2, 0.25) is 0 Å². The molecule has 2 aliphatic rings. The van der Waals surface area contributed by atoms with Gasteiger partial charge in [-0.05, 0) is 68.6 Å². The fraction of sp³-hybridized carbons (Fsp3) is 0.391. The zero-order valence-electron chi connectivity index (χ0n) is 16.5. The van der Waals surface area contributed by atoms with E-state index in [1.54, 1.807) is 18.2 Å². The lowest BCUT2D eigenvalue weighted by Gasteiger charge is -2.35. The van der Waals surface area contributed by atoms with E-state index >= 15 is 0 Å². The SMILES string of the molecule is CCOc1cccc(N2C(=O)CC(N3CCC(c4ccc(F)cc4)CC3)C2=O)c1. The molecule has 0 spiro atoms. The lowest BCUT2D eigenvalue weighted by Crippen LogP contribution is -2.45. The molecule has 2 aromatic rings. The van der Waals surface area contributed by atoms with Gasteiger partial charge in [0, 0.05) is 6.07 Å². The molecule has 0 N–H and O–H groups in total. The number of ether oxygens (including phenoxy) is 1. The van der Waals surface area contributed by atoms with Gasteiger partial charge in [-0.15, -0.1) is 0 Å². The number of halogens is 1. The Morgan fingerprint density at radius 2 is 1.79 bits per heavy atom. The highest BCUT2D eigenvalue weighted by Crippen LogP contribution is 2.33. The average Bonchev–Trinajstić information content (AvgIpc) is 3.03. The molecule has 2 aliphatic heterocycles. The first kappa shape index (κ1) is 19.6. The molecular weight excluding hydrogens is 371 g/mol. The molecule has 1 unspecified atom stereocenters. The van der Waals surface area contributed by atoms with Gasteiger partial charge in [-0.2, -0.15) is 0 Å². The summed E-state index contributed by atoms with van der Waals surface area (Å²) in [6.45, 7) is 3.92. The van der Waals surface area contributed by atoms with Crippen molar-refractivity contribution in [3.63, 3.8) is 0 Å². The second kappa shape index (κ2) is 8.33. The number of rotatable bonds is 5. The van der Waals surface area contributed by atoms with Crippen LogP contribution in [0.15, 0.2) is 48.5 Å². The van der Waals surface area contributed by atoms with Gasteiger partial charge in [0.2, 0.25) is 5.91 Å². The zero-order valence-corrected chi connectivity index (χ0v) is 16.5. The van der Waals surface area contributed by atoms with Crippen molar-refractivity contribution in [2.24, 2.45) is 0 Å². The number of piperidine rings is 1. The molecule has 0 aliphatic carbocycles. The summed E-state index contributed by atoms with van der Waals surface area (Å²) in [6.07, 6.45) is 1.99. The van der Waals surface area contributed by atoms with E-state index in [-0.39, 0.29) is 24.1 Å². The predicted molar refractivity (Wildman–Crippen MR) is 108 cm³/mol. The summed E-state index contributed by atoms with van der Waals surface area (Å²) in [5.41, 5.74) is 1.70. The minimum Gasteiger partial charge on any atom is -0.494 e. The molecule has 0 aromatic heterocycles. The molecule has 0 saturated carbocycles. The van der Waals surface area contributed by atoms with Gasteiger partial charge < -0.3 is 4.74 Å². The molecule has 5 nitrogen and oxygen atoms in total. The summed E-state index contributed by atoms with van der Waals surface area (Å²) in [5.74, 6) is 0.445. The maximum Gasteiger partial charge on any atom is 0.251 e. The topological polar surface area (TPSA) is 49.9 Å². The fourth-order valence-electron chi connectivity index (χ4n) is 4.33. The van der Waals surface area contributed by atoms with Crippen molar-refractivity contribution in [2.45, 2.75) is 38.1 Å². The van der Waals surface area contributed by atoms with Gasteiger partial charge in [-0.3, -0.25) is 14.5 Å². The molecule has 2 amide bonds. The molecule has 2 aromatic carbocycles. The van der Waals surface area contributed by atoms with Crippen LogP contribution in [0.1, 0.15) is 37.7 Å². The van der Waals surface area contributed by atoms with Crippen LogP contribution in [0.4, 0.5) is 10.1 Å². The summed E-state index contributed by atoms with van der Waals surface area (Å²) in [4.78, 5) is 29.1. The number of amides is 2. The molecule has 2 fully saturated rings. The molecule has 152 valence electrons. The Balaban J connectivity index is 1.43. The van der Waals surface area contributed by atoms with E-state index in [4.69, 9.17) is 4.74 Å². The molecule has 2 saturated heterocycles. The second-order valence-corrected chi connectivity index (χ2v) is 7.58. The predicted octanol–water partition coefficient (Wildman–Crippen LogP) is 3.74. The molecule has 0 radical (unpaired) electrons. The minimum atomic E-state index is -0.410. The third-order valence-corrected chi connectivity index (χ3v) is 5.82. The number of carbonyl (C=O) groups excluding carboxylic acids is 2. The van der Waals surface area contributed by atoms with E-state index in [0.29, 0.717) is 24.0 Å². The third-order valence-electron chi connectivity index (χ3n) is 5.82. The van der Waals surface area contributed by atoms with Gasteiger partial charge in [0.15, 0.2) is 0 Å². The molecule has 4 rings (SSSR count). The van der Waals surface area contributed by atoms with Crippen molar-refractivity contribution in [1.29, 1.82) is 0 Å². The van der Waals surface area contributed by atoms with Crippen molar-refractivity contribution >= 4 is 17.5 Å². The van der Waals surface area contributed by atoms with Gasteiger partial charge >= 0.3 is 0 Å². The number of likely N-dealkylation sites (tertiary alicyclic amines) is 1. The lowest BCUT2D eigenvalue weighted by molar-refractivity contribution is -0.123. The van der Waals surface area contributed by atoms with Crippen LogP contribution >= 0.6 is 0 Å². The highest BCUT2D eigenvalue weighted by molar-refractivity contribution is 6.22. The normalized spacial score (nSPS) is 21.0. The van der Waals surface area contributed by atoms with Gasteiger partial charge in [0.1, 0.15) is 11.6 Å². The van der Waals surface area contributed by atoms with E-state index in [2.05, 4.69) is 4.90 Å². The number of imide groups is 1. The molecular formula is C23H25FN2O3. The number of nitrogens with zero attached hydrogens (tertiary/aromatic N) is 2.